The monoisotopic (exact) mass is 255 g/mol. The molecule has 0 radical (unpaired) electrons. The van der Waals surface area contributed by atoms with E-state index in [2.05, 4.69) is 5.32 Å². The molecule has 2 heterocycles. The standard InChI is InChI=1S/C14H13N3O2/c1-16-13(10-5-3-2-4-6-10)15-14(19)12-9-11(18)7-8-17(12)16/h2-9,13H,1H3,(H,15,19). The van der Waals surface area contributed by atoms with Crippen LogP contribution in [-0.4, -0.2) is 17.6 Å². The van der Waals surface area contributed by atoms with Gasteiger partial charge in [-0.3, -0.25) is 19.3 Å². The second kappa shape index (κ2) is 4.28. The number of fused-ring (bicyclic) bond motifs is 1. The van der Waals surface area contributed by atoms with Crippen LogP contribution in [0.15, 0.2) is 53.5 Å². The summed E-state index contributed by atoms with van der Waals surface area (Å²) in [5.74, 6) is -0.246. The zero-order valence-electron chi connectivity index (χ0n) is 10.4. The molecular formula is C14H13N3O2. The molecule has 5 nitrogen and oxygen atoms in total. The molecule has 0 saturated carbocycles. The zero-order valence-corrected chi connectivity index (χ0v) is 10.4. The number of hydrogen-bond acceptors (Lipinski definition) is 3. The number of carbonyl (C=O) groups is 1. The highest BCUT2D eigenvalue weighted by Gasteiger charge is 2.28. The van der Waals surface area contributed by atoms with Crippen LogP contribution >= 0.6 is 0 Å². The molecule has 0 spiro atoms. The summed E-state index contributed by atoms with van der Waals surface area (Å²) in [7, 11) is 1.87. The Morgan fingerprint density at radius 1 is 1.11 bits per heavy atom. The van der Waals surface area contributed by atoms with Crippen LogP contribution in [0, 0.1) is 0 Å². The van der Waals surface area contributed by atoms with Crippen LogP contribution in [0.25, 0.3) is 0 Å². The summed E-state index contributed by atoms with van der Waals surface area (Å²) >= 11 is 0. The highest BCUT2D eigenvalue weighted by atomic mass is 16.2. The number of aromatic nitrogens is 1. The van der Waals surface area contributed by atoms with E-state index in [0.29, 0.717) is 5.69 Å². The highest BCUT2D eigenvalue weighted by molar-refractivity contribution is 5.93. The summed E-state index contributed by atoms with van der Waals surface area (Å²) in [6.07, 6.45) is 1.37. The topological polar surface area (TPSA) is 54.3 Å². The van der Waals surface area contributed by atoms with Gasteiger partial charge in [0.2, 0.25) is 0 Å². The minimum absolute atomic E-state index is 0.173. The second-order valence-corrected chi connectivity index (χ2v) is 4.45. The van der Waals surface area contributed by atoms with Crippen molar-refractivity contribution in [1.29, 1.82) is 0 Å². The lowest BCUT2D eigenvalue weighted by Gasteiger charge is -2.37. The average Bonchev–Trinajstić information content (AvgIpc) is 2.43. The molecule has 0 saturated heterocycles. The molecule has 0 bridgehead atoms. The molecule has 1 aromatic heterocycles. The second-order valence-electron chi connectivity index (χ2n) is 4.45. The molecular weight excluding hydrogens is 242 g/mol. The van der Waals surface area contributed by atoms with Gasteiger partial charge in [0, 0.05) is 25.4 Å². The summed E-state index contributed by atoms with van der Waals surface area (Å²) in [5.41, 5.74) is 1.16. The molecule has 1 aliphatic rings. The SMILES string of the molecule is CN1C(c2ccccc2)NC(=O)c2cc(=O)ccn21. The molecule has 19 heavy (non-hydrogen) atoms. The van der Waals surface area contributed by atoms with Gasteiger partial charge in [0.05, 0.1) is 0 Å². The van der Waals surface area contributed by atoms with Crippen molar-refractivity contribution in [2.24, 2.45) is 0 Å². The lowest BCUT2D eigenvalue weighted by atomic mass is 10.1. The van der Waals surface area contributed by atoms with Crippen LogP contribution in [0.1, 0.15) is 22.2 Å². The van der Waals surface area contributed by atoms with Gasteiger partial charge >= 0.3 is 0 Å². The van der Waals surface area contributed by atoms with E-state index in [9.17, 15) is 9.59 Å². The third-order valence-corrected chi connectivity index (χ3v) is 3.24. The first-order chi connectivity index (χ1) is 9.16. The summed E-state index contributed by atoms with van der Waals surface area (Å²) in [6.45, 7) is 0. The molecule has 5 heteroatoms. The fourth-order valence-corrected chi connectivity index (χ4v) is 2.27. The molecule has 0 fully saturated rings. The molecule has 1 amide bonds. The van der Waals surface area contributed by atoms with Gasteiger partial charge in [-0.2, -0.15) is 0 Å². The molecule has 1 unspecified atom stereocenters. The van der Waals surface area contributed by atoms with E-state index in [1.807, 2.05) is 42.4 Å². The Morgan fingerprint density at radius 3 is 2.58 bits per heavy atom. The molecule has 2 aromatic rings. The Morgan fingerprint density at radius 2 is 1.84 bits per heavy atom. The Labute approximate surface area is 110 Å². The van der Waals surface area contributed by atoms with Gasteiger partial charge in [-0.1, -0.05) is 30.3 Å². The van der Waals surface area contributed by atoms with Crippen LogP contribution in [0.4, 0.5) is 0 Å². The number of pyridine rings is 1. The van der Waals surface area contributed by atoms with Crippen LogP contribution < -0.4 is 15.8 Å². The Balaban J connectivity index is 2.08. The number of rotatable bonds is 1. The summed E-state index contributed by atoms with van der Waals surface area (Å²) in [6, 6.07) is 12.5. The predicted octanol–water partition coefficient (Wildman–Crippen LogP) is 0.858. The van der Waals surface area contributed by atoms with Crippen molar-refractivity contribution in [2.75, 3.05) is 12.1 Å². The number of amides is 1. The van der Waals surface area contributed by atoms with Gasteiger partial charge in [-0.15, -0.1) is 0 Å². The highest BCUT2D eigenvalue weighted by Crippen LogP contribution is 2.20. The smallest absolute Gasteiger partial charge is 0.271 e. The van der Waals surface area contributed by atoms with Crippen molar-refractivity contribution < 1.29 is 4.79 Å². The van der Waals surface area contributed by atoms with Crippen LogP contribution in [0.2, 0.25) is 0 Å². The van der Waals surface area contributed by atoms with Crippen molar-refractivity contribution in [3.8, 4) is 0 Å². The molecule has 1 N–H and O–H groups in total. The minimum Gasteiger partial charge on any atom is -0.325 e. The van der Waals surface area contributed by atoms with Gasteiger partial charge in [0.25, 0.3) is 5.91 Å². The first-order valence-corrected chi connectivity index (χ1v) is 5.98. The Bertz CT molecular complexity index is 679. The normalized spacial score (nSPS) is 17.8. The lowest BCUT2D eigenvalue weighted by molar-refractivity contribution is 0.0896. The number of hydrogen-bond donors (Lipinski definition) is 1. The van der Waals surface area contributed by atoms with Gasteiger partial charge in [-0.25, -0.2) is 0 Å². The molecule has 1 aromatic carbocycles. The molecule has 0 aliphatic carbocycles. The fraction of sp³-hybridized carbons (Fsp3) is 0.143. The van der Waals surface area contributed by atoms with Gasteiger partial charge in [-0.05, 0) is 5.56 Å². The summed E-state index contributed by atoms with van der Waals surface area (Å²) in [5, 5.41) is 4.77. The summed E-state index contributed by atoms with van der Waals surface area (Å²) < 4.78 is 1.69. The van der Waals surface area contributed by atoms with Crippen molar-refractivity contribution >= 4 is 5.91 Å². The number of nitrogens with one attached hydrogen (secondary N) is 1. The van der Waals surface area contributed by atoms with E-state index >= 15 is 0 Å². The Kier molecular flexibility index (Phi) is 2.59. The Hall–Kier alpha value is -2.56. The van der Waals surface area contributed by atoms with Crippen LogP contribution in [0.5, 0.6) is 0 Å². The predicted molar refractivity (Wildman–Crippen MR) is 71.5 cm³/mol. The van der Waals surface area contributed by atoms with E-state index in [-0.39, 0.29) is 17.5 Å². The lowest BCUT2D eigenvalue weighted by Crippen LogP contribution is -2.52. The molecule has 1 atom stereocenters. The minimum atomic E-state index is -0.247. The van der Waals surface area contributed by atoms with E-state index in [0.717, 1.165) is 5.56 Å². The van der Waals surface area contributed by atoms with Crippen molar-refractivity contribution in [1.82, 2.24) is 9.99 Å². The first-order valence-electron chi connectivity index (χ1n) is 5.98. The van der Waals surface area contributed by atoms with Gasteiger partial charge in [0.15, 0.2) is 5.43 Å². The van der Waals surface area contributed by atoms with Gasteiger partial charge < -0.3 is 5.32 Å². The number of carbonyl (C=O) groups excluding carboxylic acids is 1. The summed E-state index contributed by atoms with van der Waals surface area (Å²) in [4.78, 5) is 23.4. The third kappa shape index (κ3) is 1.89. The van der Waals surface area contributed by atoms with E-state index in [1.165, 1.54) is 12.1 Å². The third-order valence-electron chi connectivity index (χ3n) is 3.24. The maximum Gasteiger partial charge on any atom is 0.271 e. The maximum absolute atomic E-state index is 12.1. The maximum atomic E-state index is 12.1. The fourth-order valence-electron chi connectivity index (χ4n) is 2.27. The van der Waals surface area contributed by atoms with Crippen LogP contribution in [-0.2, 0) is 0 Å². The van der Waals surface area contributed by atoms with E-state index in [4.69, 9.17) is 0 Å². The van der Waals surface area contributed by atoms with E-state index < -0.39 is 0 Å². The largest absolute Gasteiger partial charge is 0.325 e. The van der Waals surface area contributed by atoms with Gasteiger partial charge in [0.1, 0.15) is 11.9 Å². The average molecular weight is 255 g/mol. The zero-order chi connectivity index (χ0) is 13.4. The number of benzene rings is 1. The molecule has 3 rings (SSSR count). The number of nitrogens with zero attached hydrogens (tertiary/aromatic N) is 2. The van der Waals surface area contributed by atoms with Crippen LogP contribution in [0.3, 0.4) is 0 Å². The first kappa shape index (κ1) is 11.5. The van der Waals surface area contributed by atoms with E-state index in [1.54, 1.807) is 10.9 Å². The van der Waals surface area contributed by atoms with Crippen molar-refractivity contribution in [3.05, 3.63) is 70.1 Å². The van der Waals surface area contributed by atoms with Crippen molar-refractivity contribution in [2.45, 2.75) is 6.17 Å². The quantitative estimate of drug-likeness (QED) is 0.822. The molecule has 96 valence electrons. The van der Waals surface area contributed by atoms with Crippen molar-refractivity contribution in [3.63, 3.8) is 0 Å². The molecule has 1 aliphatic heterocycles.